The zero-order valence-electron chi connectivity index (χ0n) is 9.47. The number of carbonyl (C=O) groups is 1. The Hall–Kier alpha value is -1.66. The topological polar surface area (TPSA) is 91.5 Å². The first-order chi connectivity index (χ1) is 8.20. The average molecular weight is 236 g/mol. The number of nitrogens with two attached hydrogens (primary N) is 1. The molecule has 0 bridgehead atoms. The Kier molecular flexibility index (Phi) is 3.55. The Morgan fingerprint density at radius 2 is 2.24 bits per heavy atom. The third kappa shape index (κ3) is 2.72. The first-order valence-electron chi connectivity index (χ1n) is 5.60. The molecule has 2 rings (SSSR count). The standard InChI is InChI=1S/C11H16N4O2/c12-14-10-7-8(1-4-13-10)11(17)15-5-2-9(16)3-6-15/h1,4,7,9,16H,2-3,5-6,12H2,(H,13,14). The van der Waals surface area contributed by atoms with Crippen molar-refractivity contribution in [1.29, 1.82) is 0 Å². The highest BCUT2D eigenvalue weighted by atomic mass is 16.3. The van der Waals surface area contributed by atoms with Crippen LogP contribution >= 0.6 is 0 Å². The maximum Gasteiger partial charge on any atom is 0.254 e. The van der Waals surface area contributed by atoms with Gasteiger partial charge in [0, 0.05) is 24.8 Å². The largest absolute Gasteiger partial charge is 0.393 e. The Morgan fingerprint density at radius 1 is 1.53 bits per heavy atom. The van der Waals surface area contributed by atoms with Crippen LogP contribution in [0, 0.1) is 0 Å². The summed E-state index contributed by atoms with van der Waals surface area (Å²) in [4.78, 5) is 17.8. The van der Waals surface area contributed by atoms with Gasteiger partial charge >= 0.3 is 0 Å². The van der Waals surface area contributed by atoms with Crippen molar-refractivity contribution >= 4 is 11.7 Å². The number of hydrazine groups is 1. The monoisotopic (exact) mass is 236 g/mol. The summed E-state index contributed by atoms with van der Waals surface area (Å²) in [7, 11) is 0. The maximum absolute atomic E-state index is 12.1. The lowest BCUT2D eigenvalue weighted by Crippen LogP contribution is -2.40. The summed E-state index contributed by atoms with van der Waals surface area (Å²) >= 11 is 0. The smallest absolute Gasteiger partial charge is 0.254 e. The van der Waals surface area contributed by atoms with Crippen molar-refractivity contribution in [2.24, 2.45) is 5.84 Å². The first-order valence-corrected chi connectivity index (χ1v) is 5.60. The molecule has 1 aromatic rings. The molecule has 0 aromatic carbocycles. The predicted octanol–water partition coefficient (Wildman–Crippen LogP) is -0.0359. The molecule has 92 valence electrons. The van der Waals surface area contributed by atoms with E-state index in [0.29, 0.717) is 37.3 Å². The van der Waals surface area contributed by atoms with Gasteiger partial charge in [-0.3, -0.25) is 4.79 Å². The van der Waals surface area contributed by atoms with Crippen molar-refractivity contribution in [3.05, 3.63) is 23.9 Å². The van der Waals surface area contributed by atoms with Crippen LogP contribution in [0.3, 0.4) is 0 Å². The van der Waals surface area contributed by atoms with E-state index in [2.05, 4.69) is 10.4 Å². The lowest BCUT2D eigenvalue weighted by Gasteiger charge is -2.29. The zero-order valence-corrected chi connectivity index (χ0v) is 9.47. The van der Waals surface area contributed by atoms with Crippen LogP contribution in [0.25, 0.3) is 0 Å². The molecule has 2 heterocycles. The number of pyridine rings is 1. The number of rotatable bonds is 2. The van der Waals surface area contributed by atoms with Crippen molar-refractivity contribution in [3.63, 3.8) is 0 Å². The normalized spacial score (nSPS) is 16.9. The van der Waals surface area contributed by atoms with Gasteiger partial charge in [-0.2, -0.15) is 0 Å². The van der Waals surface area contributed by atoms with Crippen LogP contribution in [-0.4, -0.2) is 40.1 Å². The Bertz CT molecular complexity index is 402. The molecular weight excluding hydrogens is 220 g/mol. The number of aliphatic hydroxyl groups excluding tert-OH is 1. The molecule has 1 aliphatic heterocycles. The number of nitrogen functional groups attached to an aromatic ring is 1. The van der Waals surface area contributed by atoms with Gasteiger partial charge in [-0.05, 0) is 25.0 Å². The van der Waals surface area contributed by atoms with Crippen LogP contribution in [-0.2, 0) is 0 Å². The highest BCUT2D eigenvalue weighted by Gasteiger charge is 2.22. The van der Waals surface area contributed by atoms with E-state index >= 15 is 0 Å². The van der Waals surface area contributed by atoms with E-state index < -0.39 is 0 Å². The molecular formula is C11H16N4O2. The molecule has 17 heavy (non-hydrogen) atoms. The summed E-state index contributed by atoms with van der Waals surface area (Å²) < 4.78 is 0. The van der Waals surface area contributed by atoms with Crippen LogP contribution in [0.5, 0.6) is 0 Å². The summed E-state index contributed by atoms with van der Waals surface area (Å²) in [6, 6.07) is 3.28. The minimum absolute atomic E-state index is 0.0456. The number of aromatic nitrogens is 1. The number of amides is 1. The van der Waals surface area contributed by atoms with Crippen molar-refractivity contribution in [1.82, 2.24) is 9.88 Å². The minimum Gasteiger partial charge on any atom is -0.393 e. The molecule has 1 fully saturated rings. The number of hydrogen-bond acceptors (Lipinski definition) is 5. The van der Waals surface area contributed by atoms with Gasteiger partial charge in [0.15, 0.2) is 0 Å². The SMILES string of the molecule is NNc1cc(C(=O)N2CCC(O)CC2)ccn1. The van der Waals surface area contributed by atoms with Crippen molar-refractivity contribution < 1.29 is 9.90 Å². The molecule has 0 aliphatic carbocycles. The number of likely N-dealkylation sites (tertiary alicyclic amines) is 1. The quantitative estimate of drug-likeness (QED) is 0.495. The van der Waals surface area contributed by atoms with Gasteiger partial charge < -0.3 is 15.4 Å². The van der Waals surface area contributed by atoms with Crippen LogP contribution in [0.4, 0.5) is 5.82 Å². The molecule has 0 spiro atoms. The van der Waals surface area contributed by atoms with Crippen LogP contribution in [0.2, 0.25) is 0 Å². The summed E-state index contributed by atoms with van der Waals surface area (Å²) in [5.74, 6) is 5.67. The van der Waals surface area contributed by atoms with E-state index in [9.17, 15) is 9.90 Å². The summed E-state index contributed by atoms with van der Waals surface area (Å²) in [5, 5.41) is 9.39. The van der Waals surface area contributed by atoms with E-state index in [4.69, 9.17) is 5.84 Å². The molecule has 1 saturated heterocycles. The number of carbonyl (C=O) groups excluding carboxylic acids is 1. The highest BCUT2D eigenvalue weighted by molar-refractivity contribution is 5.94. The van der Waals surface area contributed by atoms with Crippen LogP contribution in [0.1, 0.15) is 23.2 Å². The number of nitrogens with one attached hydrogen (secondary N) is 1. The molecule has 0 radical (unpaired) electrons. The molecule has 4 N–H and O–H groups in total. The maximum atomic E-state index is 12.1. The Labute approximate surface area is 99.4 Å². The van der Waals surface area contributed by atoms with Crippen molar-refractivity contribution in [2.45, 2.75) is 18.9 Å². The van der Waals surface area contributed by atoms with E-state index in [1.54, 1.807) is 23.2 Å². The second kappa shape index (κ2) is 5.11. The summed E-state index contributed by atoms with van der Waals surface area (Å²) in [6.07, 6.45) is 2.54. The van der Waals surface area contributed by atoms with E-state index in [1.807, 2.05) is 0 Å². The minimum atomic E-state index is -0.280. The first kappa shape index (κ1) is 11.8. The molecule has 1 aliphatic rings. The second-order valence-electron chi connectivity index (χ2n) is 4.10. The van der Waals surface area contributed by atoms with Gasteiger partial charge in [-0.25, -0.2) is 10.8 Å². The Morgan fingerprint density at radius 3 is 2.88 bits per heavy atom. The lowest BCUT2D eigenvalue weighted by atomic mass is 10.1. The van der Waals surface area contributed by atoms with E-state index in [-0.39, 0.29) is 12.0 Å². The summed E-state index contributed by atoms with van der Waals surface area (Å²) in [6.45, 7) is 1.18. The number of nitrogens with zero attached hydrogens (tertiary/aromatic N) is 2. The number of aliphatic hydroxyl groups is 1. The van der Waals surface area contributed by atoms with Gasteiger partial charge in [0.2, 0.25) is 0 Å². The zero-order chi connectivity index (χ0) is 12.3. The molecule has 0 saturated carbocycles. The summed E-state index contributed by atoms with van der Waals surface area (Å²) in [5.41, 5.74) is 2.97. The van der Waals surface area contributed by atoms with Crippen molar-refractivity contribution in [2.75, 3.05) is 18.5 Å². The van der Waals surface area contributed by atoms with Crippen LogP contribution in [0.15, 0.2) is 18.3 Å². The fourth-order valence-electron chi connectivity index (χ4n) is 1.89. The number of piperidine rings is 1. The second-order valence-corrected chi connectivity index (χ2v) is 4.10. The third-order valence-electron chi connectivity index (χ3n) is 2.91. The van der Waals surface area contributed by atoms with E-state index in [1.165, 1.54) is 0 Å². The van der Waals surface area contributed by atoms with Crippen molar-refractivity contribution in [3.8, 4) is 0 Å². The predicted molar refractivity (Wildman–Crippen MR) is 63.2 cm³/mol. The fraction of sp³-hybridized carbons (Fsp3) is 0.455. The molecule has 1 amide bonds. The Balaban J connectivity index is 2.08. The lowest BCUT2D eigenvalue weighted by molar-refractivity contribution is 0.0546. The molecule has 1 aromatic heterocycles. The fourth-order valence-corrected chi connectivity index (χ4v) is 1.89. The van der Waals surface area contributed by atoms with E-state index in [0.717, 1.165) is 0 Å². The number of hydrogen-bond donors (Lipinski definition) is 3. The highest BCUT2D eigenvalue weighted by Crippen LogP contribution is 2.14. The van der Waals surface area contributed by atoms with Crippen LogP contribution < -0.4 is 11.3 Å². The van der Waals surface area contributed by atoms with Gasteiger partial charge in [-0.15, -0.1) is 0 Å². The molecule has 0 atom stereocenters. The van der Waals surface area contributed by atoms with Gasteiger partial charge in [-0.1, -0.05) is 0 Å². The van der Waals surface area contributed by atoms with Gasteiger partial charge in [0.25, 0.3) is 5.91 Å². The third-order valence-corrected chi connectivity index (χ3v) is 2.91. The molecule has 6 nitrogen and oxygen atoms in total. The molecule has 6 heteroatoms. The average Bonchev–Trinajstić information content (AvgIpc) is 2.39. The van der Waals surface area contributed by atoms with Gasteiger partial charge in [0.1, 0.15) is 5.82 Å². The number of anilines is 1. The van der Waals surface area contributed by atoms with Gasteiger partial charge in [0.05, 0.1) is 6.10 Å². The molecule has 0 unspecified atom stereocenters.